The number of ether oxygens (including phenoxy) is 2. The fourth-order valence-electron chi connectivity index (χ4n) is 2.23. The fraction of sp³-hybridized carbons (Fsp3) is 0.538. The van der Waals surface area contributed by atoms with Crippen molar-refractivity contribution in [2.75, 3.05) is 26.1 Å². The predicted molar refractivity (Wildman–Crippen MR) is 68.0 cm³/mol. The number of carbonyl (C=O) groups excluding carboxylic acids is 1. The van der Waals surface area contributed by atoms with Gasteiger partial charge in [-0.3, -0.25) is 4.79 Å². The molecule has 0 radical (unpaired) electrons. The Morgan fingerprint density at radius 3 is 2.79 bits per heavy atom. The molecule has 2 rings (SSSR count). The van der Waals surface area contributed by atoms with Crippen LogP contribution in [-0.2, 0) is 15.1 Å². The molecular formula is C13H17FN2O3. The van der Waals surface area contributed by atoms with E-state index in [1.807, 2.05) is 0 Å². The highest BCUT2D eigenvalue weighted by Gasteiger charge is 2.34. The standard InChI is InChI=1S/C13H17FN2O3/c1-13(14)4-5-15-11-9(13)6-8(7-17)10(16-11)12(18-2)19-3/h6-7,12H,4-5H2,1-3H3,(H,15,16). The molecule has 1 N–H and O–H groups in total. The molecule has 2 heterocycles. The van der Waals surface area contributed by atoms with Gasteiger partial charge in [-0.25, -0.2) is 9.37 Å². The minimum atomic E-state index is -1.49. The summed E-state index contributed by atoms with van der Waals surface area (Å²) in [6, 6.07) is 1.52. The number of alkyl halides is 1. The zero-order valence-electron chi connectivity index (χ0n) is 11.2. The lowest BCUT2D eigenvalue weighted by Crippen LogP contribution is -2.29. The highest BCUT2D eigenvalue weighted by Crippen LogP contribution is 2.38. The molecule has 0 saturated heterocycles. The van der Waals surface area contributed by atoms with Crippen LogP contribution < -0.4 is 5.32 Å². The van der Waals surface area contributed by atoms with Crippen molar-refractivity contribution in [3.8, 4) is 0 Å². The van der Waals surface area contributed by atoms with Crippen molar-refractivity contribution in [2.24, 2.45) is 0 Å². The van der Waals surface area contributed by atoms with E-state index in [0.717, 1.165) is 0 Å². The van der Waals surface area contributed by atoms with Crippen molar-refractivity contribution in [3.05, 3.63) is 22.9 Å². The van der Waals surface area contributed by atoms with Gasteiger partial charge < -0.3 is 14.8 Å². The molecule has 1 aliphatic rings. The van der Waals surface area contributed by atoms with Crippen molar-refractivity contribution in [1.29, 1.82) is 0 Å². The summed E-state index contributed by atoms with van der Waals surface area (Å²) in [5.41, 5.74) is -0.459. The Labute approximate surface area is 111 Å². The highest BCUT2D eigenvalue weighted by molar-refractivity contribution is 5.78. The summed E-state index contributed by atoms with van der Waals surface area (Å²) in [6.07, 6.45) is 0.232. The Kier molecular flexibility index (Phi) is 3.82. The van der Waals surface area contributed by atoms with Crippen molar-refractivity contribution < 1.29 is 18.7 Å². The largest absolute Gasteiger partial charge is 0.370 e. The van der Waals surface area contributed by atoms with Gasteiger partial charge in [-0.2, -0.15) is 0 Å². The Bertz CT molecular complexity index is 487. The number of nitrogens with one attached hydrogen (secondary N) is 1. The summed E-state index contributed by atoms with van der Waals surface area (Å²) < 4.78 is 24.6. The van der Waals surface area contributed by atoms with Crippen LogP contribution in [0.15, 0.2) is 6.07 Å². The third-order valence-corrected chi connectivity index (χ3v) is 3.31. The smallest absolute Gasteiger partial charge is 0.201 e. The third kappa shape index (κ3) is 2.46. The zero-order valence-corrected chi connectivity index (χ0v) is 11.2. The predicted octanol–water partition coefficient (Wildman–Crippen LogP) is 2.19. The molecule has 6 heteroatoms. The number of fused-ring (bicyclic) bond motifs is 1. The van der Waals surface area contributed by atoms with Gasteiger partial charge in [0.25, 0.3) is 0 Å². The van der Waals surface area contributed by atoms with Crippen LogP contribution in [0, 0.1) is 0 Å². The zero-order chi connectivity index (χ0) is 14.0. The second kappa shape index (κ2) is 5.22. The van der Waals surface area contributed by atoms with Crippen LogP contribution in [0.4, 0.5) is 10.2 Å². The number of hydrogen-bond acceptors (Lipinski definition) is 5. The first-order chi connectivity index (χ1) is 9.03. The Hall–Kier alpha value is -1.53. The first-order valence-electron chi connectivity index (χ1n) is 6.02. The minimum Gasteiger partial charge on any atom is -0.370 e. The summed E-state index contributed by atoms with van der Waals surface area (Å²) >= 11 is 0. The number of nitrogens with zero attached hydrogens (tertiary/aromatic N) is 1. The van der Waals surface area contributed by atoms with E-state index in [9.17, 15) is 9.18 Å². The maximum atomic E-state index is 14.4. The normalized spacial score (nSPS) is 21.9. The number of aldehydes is 1. The number of methoxy groups -OCH3 is 2. The first-order valence-corrected chi connectivity index (χ1v) is 6.02. The van der Waals surface area contributed by atoms with Gasteiger partial charge in [-0.15, -0.1) is 0 Å². The summed E-state index contributed by atoms with van der Waals surface area (Å²) in [7, 11) is 2.91. The molecular weight excluding hydrogens is 251 g/mol. The quantitative estimate of drug-likeness (QED) is 0.670. The number of carbonyl (C=O) groups is 1. The van der Waals surface area contributed by atoms with Gasteiger partial charge in [0.1, 0.15) is 17.2 Å². The summed E-state index contributed by atoms with van der Waals surface area (Å²) in [6.45, 7) is 1.99. The van der Waals surface area contributed by atoms with Crippen LogP contribution in [0.5, 0.6) is 0 Å². The van der Waals surface area contributed by atoms with E-state index >= 15 is 0 Å². The number of rotatable bonds is 4. The van der Waals surface area contributed by atoms with Gasteiger partial charge in [0, 0.05) is 38.3 Å². The lowest BCUT2D eigenvalue weighted by molar-refractivity contribution is -0.108. The van der Waals surface area contributed by atoms with Crippen LogP contribution >= 0.6 is 0 Å². The summed E-state index contributed by atoms with van der Waals surface area (Å²) in [5.74, 6) is 0.441. The van der Waals surface area contributed by atoms with Crippen molar-refractivity contribution >= 4 is 12.1 Å². The molecule has 0 fully saturated rings. The van der Waals surface area contributed by atoms with E-state index in [0.29, 0.717) is 36.3 Å². The maximum Gasteiger partial charge on any atom is 0.201 e. The van der Waals surface area contributed by atoms with Gasteiger partial charge in [0.05, 0.1) is 0 Å². The molecule has 0 amide bonds. The number of halogens is 1. The SMILES string of the molecule is COC(OC)c1nc2c(cc1C=O)C(C)(F)CCN2. The van der Waals surface area contributed by atoms with E-state index < -0.39 is 12.0 Å². The van der Waals surface area contributed by atoms with Crippen LogP contribution in [0.2, 0.25) is 0 Å². The number of pyridine rings is 1. The molecule has 0 saturated carbocycles. The Morgan fingerprint density at radius 1 is 1.53 bits per heavy atom. The molecule has 1 atom stereocenters. The third-order valence-electron chi connectivity index (χ3n) is 3.31. The molecule has 0 bridgehead atoms. The average molecular weight is 268 g/mol. The molecule has 19 heavy (non-hydrogen) atoms. The van der Waals surface area contributed by atoms with Crippen LogP contribution in [0.3, 0.4) is 0 Å². The van der Waals surface area contributed by atoms with E-state index in [1.54, 1.807) is 0 Å². The van der Waals surface area contributed by atoms with Gasteiger partial charge in [-0.05, 0) is 13.0 Å². The van der Waals surface area contributed by atoms with Crippen LogP contribution in [-0.4, -0.2) is 32.0 Å². The Morgan fingerprint density at radius 2 is 2.21 bits per heavy atom. The molecule has 1 aromatic rings. The average Bonchev–Trinajstić information content (AvgIpc) is 2.39. The van der Waals surface area contributed by atoms with Gasteiger partial charge in [-0.1, -0.05) is 0 Å². The first kappa shape index (κ1) is 13.9. The van der Waals surface area contributed by atoms with Crippen molar-refractivity contribution in [1.82, 2.24) is 4.98 Å². The summed E-state index contributed by atoms with van der Waals surface area (Å²) in [4.78, 5) is 15.5. The second-order valence-electron chi connectivity index (χ2n) is 4.65. The number of anilines is 1. The topological polar surface area (TPSA) is 60.5 Å². The van der Waals surface area contributed by atoms with E-state index in [2.05, 4.69) is 10.3 Å². The molecule has 1 aliphatic heterocycles. The monoisotopic (exact) mass is 268 g/mol. The van der Waals surface area contributed by atoms with Crippen LogP contribution in [0.25, 0.3) is 0 Å². The Balaban J connectivity index is 2.56. The van der Waals surface area contributed by atoms with Crippen molar-refractivity contribution in [2.45, 2.75) is 25.3 Å². The van der Waals surface area contributed by atoms with E-state index in [-0.39, 0.29) is 5.56 Å². The van der Waals surface area contributed by atoms with Gasteiger partial charge in [0.15, 0.2) is 6.29 Å². The lowest BCUT2D eigenvalue weighted by atomic mass is 9.90. The molecule has 0 spiro atoms. The minimum absolute atomic E-state index is 0.278. The lowest BCUT2D eigenvalue weighted by Gasteiger charge is -2.30. The molecule has 0 aliphatic carbocycles. The molecule has 1 unspecified atom stereocenters. The number of hydrogen-bond donors (Lipinski definition) is 1. The molecule has 0 aromatic carbocycles. The highest BCUT2D eigenvalue weighted by atomic mass is 19.1. The van der Waals surface area contributed by atoms with Gasteiger partial charge in [0.2, 0.25) is 6.29 Å². The van der Waals surface area contributed by atoms with Gasteiger partial charge >= 0.3 is 0 Å². The summed E-state index contributed by atoms with van der Waals surface area (Å²) in [5, 5.41) is 3.03. The molecule has 5 nitrogen and oxygen atoms in total. The second-order valence-corrected chi connectivity index (χ2v) is 4.65. The van der Waals surface area contributed by atoms with E-state index in [1.165, 1.54) is 27.2 Å². The maximum absolute atomic E-state index is 14.4. The molecule has 104 valence electrons. The number of aromatic nitrogens is 1. The fourth-order valence-corrected chi connectivity index (χ4v) is 2.23. The molecule has 1 aromatic heterocycles. The van der Waals surface area contributed by atoms with Crippen molar-refractivity contribution in [3.63, 3.8) is 0 Å². The van der Waals surface area contributed by atoms with Crippen LogP contribution in [0.1, 0.15) is 41.2 Å². The van der Waals surface area contributed by atoms with E-state index in [4.69, 9.17) is 9.47 Å².